The maximum Gasteiger partial charge on any atom is 0.229 e. The molecule has 1 aromatic heterocycles. The molecule has 4 rings (SSSR count). The Morgan fingerprint density at radius 1 is 0.933 bits per heavy atom. The fraction of sp³-hybridized carbons (Fsp3) is 0.286. The van der Waals surface area contributed by atoms with Gasteiger partial charge in [-0.3, -0.25) is 4.79 Å². The summed E-state index contributed by atoms with van der Waals surface area (Å²) >= 11 is 0. The summed E-state index contributed by atoms with van der Waals surface area (Å²) in [5.41, 5.74) is 0.239. The molecule has 9 nitrogen and oxygen atoms in total. The molecular formula is C21H20O9. The zero-order valence-electron chi connectivity index (χ0n) is 15.8. The van der Waals surface area contributed by atoms with Gasteiger partial charge in [-0.15, -0.1) is 0 Å². The lowest BCUT2D eigenvalue weighted by Crippen LogP contribution is -2.58. The predicted octanol–water partition coefficient (Wildman–Crippen LogP) is 1.08. The van der Waals surface area contributed by atoms with Crippen LogP contribution in [-0.2, 0) is 4.74 Å². The van der Waals surface area contributed by atoms with Crippen molar-refractivity contribution in [2.75, 3.05) is 0 Å². The number of ether oxygens (including phenoxy) is 2. The van der Waals surface area contributed by atoms with Gasteiger partial charge < -0.3 is 39.4 Å². The molecule has 5 N–H and O–H groups in total. The zero-order valence-corrected chi connectivity index (χ0v) is 15.8. The summed E-state index contributed by atoms with van der Waals surface area (Å²) in [7, 11) is 0. The highest BCUT2D eigenvalue weighted by molar-refractivity contribution is 5.88. The van der Waals surface area contributed by atoms with Gasteiger partial charge in [0.1, 0.15) is 52.8 Å². The van der Waals surface area contributed by atoms with Crippen LogP contribution in [0.4, 0.5) is 0 Å². The van der Waals surface area contributed by atoms with Gasteiger partial charge in [0.05, 0.1) is 11.7 Å². The van der Waals surface area contributed by atoms with E-state index in [9.17, 15) is 30.3 Å². The second-order valence-corrected chi connectivity index (χ2v) is 7.14. The smallest absolute Gasteiger partial charge is 0.229 e. The topological polar surface area (TPSA) is 150 Å². The van der Waals surface area contributed by atoms with Gasteiger partial charge in [0.25, 0.3) is 0 Å². The lowest BCUT2D eigenvalue weighted by atomic mass is 10.00. The molecule has 0 bridgehead atoms. The highest BCUT2D eigenvalue weighted by Crippen LogP contribution is 2.33. The van der Waals surface area contributed by atoms with E-state index in [1.54, 1.807) is 12.1 Å². The van der Waals surface area contributed by atoms with Gasteiger partial charge in [-0.05, 0) is 24.6 Å². The van der Waals surface area contributed by atoms with Crippen molar-refractivity contribution in [3.05, 3.63) is 52.9 Å². The number of aliphatic hydroxyl groups is 3. The molecule has 0 amide bonds. The Kier molecular flexibility index (Phi) is 5.12. The SMILES string of the molecule is CC1OC(Oc2cc(O)cc3occ(-c4ccc(O)cc4)c(=O)c23)C(O)C(O)C1O. The molecule has 158 valence electrons. The first-order valence-electron chi connectivity index (χ1n) is 9.20. The van der Waals surface area contributed by atoms with E-state index in [2.05, 4.69) is 0 Å². The maximum absolute atomic E-state index is 13.2. The van der Waals surface area contributed by atoms with Crippen LogP contribution in [0.2, 0.25) is 0 Å². The summed E-state index contributed by atoms with van der Waals surface area (Å²) < 4.78 is 16.6. The fourth-order valence-corrected chi connectivity index (χ4v) is 3.37. The van der Waals surface area contributed by atoms with Crippen LogP contribution in [0.15, 0.2) is 51.9 Å². The van der Waals surface area contributed by atoms with Gasteiger partial charge in [-0.2, -0.15) is 0 Å². The highest BCUT2D eigenvalue weighted by atomic mass is 16.7. The van der Waals surface area contributed by atoms with Crippen molar-refractivity contribution < 1.29 is 39.4 Å². The van der Waals surface area contributed by atoms with Crippen LogP contribution in [0.3, 0.4) is 0 Å². The molecule has 0 radical (unpaired) electrons. The van der Waals surface area contributed by atoms with Gasteiger partial charge in [0.15, 0.2) is 0 Å². The van der Waals surface area contributed by atoms with Crippen molar-refractivity contribution in [2.45, 2.75) is 37.6 Å². The van der Waals surface area contributed by atoms with Crippen molar-refractivity contribution in [2.24, 2.45) is 0 Å². The van der Waals surface area contributed by atoms with Gasteiger partial charge in [0.2, 0.25) is 11.7 Å². The van der Waals surface area contributed by atoms with E-state index in [4.69, 9.17) is 13.9 Å². The van der Waals surface area contributed by atoms with Crippen molar-refractivity contribution in [3.8, 4) is 28.4 Å². The molecule has 2 heterocycles. The summed E-state index contributed by atoms with van der Waals surface area (Å²) in [5, 5.41) is 49.5. The standard InChI is InChI=1S/C21H20O9/c1-9-17(24)19(26)20(27)21(29-9)30-15-7-12(23)6-14-16(15)18(25)13(8-28-14)10-2-4-11(22)5-3-10/h2-9,17,19-24,26-27H,1H3. The number of hydrogen-bond acceptors (Lipinski definition) is 9. The lowest BCUT2D eigenvalue weighted by Gasteiger charge is -2.38. The van der Waals surface area contributed by atoms with Crippen molar-refractivity contribution in [3.63, 3.8) is 0 Å². The molecule has 5 atom stereocenters. The quantitative estimate of drug-likeness (QED) is 0.423. The monoisotopic (exact) mass is 416 g/mol. The Hall–Kier alpha value is -3.11. The first-order valence-corrected chi connectivity index (χ1v) is 9.20. The summed E-state index contributed by atoms with van der Waals surface area (Å²) in [6.07, 6.45) is -5.45. The Morgan fingerprint density at radius 3 is 2.33 bits per heavy atom. The Bertz CT molecular complexity index is 1120. The average Bonchev–Trinajstić information content (AvgIpc) is 2.71. The van der Waals surface area contributed by atoms with Crippen molar-refractivity contribution in [1.29, 1.82) is 0 Å². The molecule has 1 fully saturated rings. The predicted molar refractivity (Wildman–Crippen MR) is 104 cm³/mol. The summed E-state index contributed by atoms with van der Waals surface area (Å²) in [4.78, 5) is 13.2. The molecule has 30 heavy (non-hydrogen) atoms. The Balaban J connectivity index is 1.80. The van der Waals surface area contributed by atoms with Gasteiger partial charge in [-0.25, -0.2) is 0 Å². The molecule has 2 aromatic carbocycles. The van der Waals surface area contributed by atoms with Crippen LogP contribution < -0.4 is 10.2 Å². The van der Waals surface area contributed by atoms with E-state index in [1.165, 1.54) is 31.4 Å². The molecule has 1 aliphatic heterocycles. The normalized spacial score (nSPS) is 26.6. The number of rotatable bonds is 3. The molecule has 0 saturated carbocycles. The molecule has 3 aromatic rings. The van der Waals surface area contributed by atoms with Gasteiger partial charge >= 0.3 is 0 Å². The number of phenols is 2. The minimum Gasteiger partial charge on any atom is -0.508 e. The first kappa shape index (κ1) is 20.2. The Morgan fingerprint density at radius 2 is 1.63 bits per heavy atom. The zero-order chi connectivity index (χ0) is 21.6. The van der Waals surface area contributed by atoms with Gasteiger partial charge in [-0.1, -0.05) is 12.1 Å². The van der Waals surface area contributed by atoms with Crippen LogP contribution in [0.1, 0.15) is 6.92 Å². The van der Waals surface area contributed by atoms with Crippen molar-refractivity contribution in [1.82, 2.24) is 0 Å². The lowest BCUT2D eigenvalue weighted by molar-refractivity contribution is -0.267. The number of aliphatic hydroxyl groups excluding tert-OH is 3. The van der Waals surface area contributed by atoms with Crippen LogP contribution in [-0.4, -0.2) is 56.2 Å². The summed E-state index contributed by atoms with van der Waals surface area (Å²) in [5.74, 6) is -0.340. The summed E-state index contributed by atoms with van der Waals surface area (Å²) in [6.45, 7) is 1.49. The third-order valence-corrected chi connectivity index (χ3v) is 5.06. The minimum absolute atomic E-state index is 0.0116. The van der Waals surface area contributed by atoms with Crippen molar-refractivity contribution >= 4 is 11.0 Å². The summed E-state index contributed by atoms with van der Waals surface area (Å²) in [6, 6.07) is 8.34. The largest absolute Gasteiger partial charge is 0.508 e. The molecule has 0 aliphatic carbocycles. The number of benzene rings is 2. The van der Waals surface area contributed by atoms with E-state index in [1.807, 2.05) is 0 Å². The maximum atomic E-state index is 13.2. The molecule has 9 heteroatoms. The Labute approximate surface area is 170 Å². The first-order chi connectivity index (χ1) is 14.3. The number of phenolic OH excluding ortho intramolecular Hbond substituents is 2. The van der Waals surface area contributed by atoms with Crippen LogP contribution in [0.5, 0.6) is 17.2 Å². The van der Waals surface area contributed by atoms with E-state index >= 15 is 0 Å². The van der Waals surface area contributed by atoms with Crippen LogP contribution in [0, 0.1) is 0 Å². The van der Waals surface area contributed by atoms with Crippen LogP contribution in [0.25, 0.3) is 22.1 Å². The third-order valence-electron chi connectivity index (χ3n) is 5.06. The van der Waals surface area contributed by atoms with Gasteiger partial charge in [0, 0.05) is 12.1 Å². The molecule has 5 unspecified atom stereocenters. The number of fused-ring (bicyclic) bond motifs is 1. The number of aromatic hydroxyl groups is 2. The fourth-order valence-electron chi connectivity index (χ4n) is 3.37. The van der Waals surface area contributed by atoms with E-state index in [-0.39, 0.29) is 33.8 Å². The molecule has 1 aliphatic rings. The molecule has 1 saturated heterocycles. The molecule has 0 spiro atoms. The van der Waals surface area contributed by atoms with E-state index < -0.39 is 36.1 Å². The number of hydrogen-bond donors (Lipinski definition) is 5. The highest BCUT2D eigenvalue weighted by Gasteiger charge is 2.43. The second-order valence-electron chi connectivity index (χ2n) is 7.14. The molecular weight excluding hydrogens is 396 g/mol. The van der Waals surface area contributed by atoms with E-state index in [0.717, 1.165) is 6.07 Å². The third kappa shape index (κ3) is 3.48. The average molecular weight is 416 g/mol. The minimum atomic E-state index is -1.60. The second kappa shape index (κ2) is 7.62. The van der Waals surface area contributed by atoms with Crippen LogP contribution >= 0.6 is 0 Å². The van der Waals surface area contributed by atoms with E-state index in [0.29, 0.717) is 5.56 Å².